The molecule has 1 aromatic carbocycles. The molecule has 0 saturated heterocycles. The van der Waals surface area contributed by atoms with Crippen LogP contribution in [0.15, 0.2) is 30.3 Å². The van der Waals surface area contributed by atoms with Crippen LogP contribution >= 0.6 is 8.89 Å². The standard InChI is InChI=1S/C6H6FP.Al.3H/c7-8-6-4-2-1-3-5-6;;;;/h1-5,8H;;;;. The molecule has 0 nitrogen and oxygen atoms in total. The van der Waals surface area contributed by atoms with Crippen LogP contribution in [-0.2, 0) is 0 Å². The first-order chi connectivity index (χ1) is 3.93. The van der Waals surface area contributed by atoms with Gasteiger partial charge >= 0.3 is 0 Å². The maximum atomic E-state index is 11.8. The zero-order valence-electron chi connectivity index (χ0n) is 4.26. The van der Waals surface area contributed by atoms with Crippen LogP contribution in [0.3, 0.4) is 0 Å². The highest BCUT2D eigenvalue weighted by Crippen LogP contribution is 2.08. The summed E-state index contributed by atoms with van der Waals surface area (Å²) in [7, 11) is -0.570. The summed E-state index contributed by atoms with van der Waals surface area (Å²) in [5.74, 6) is 0. The summed E-state index contributed by atoms with van der Waals surface area (Å²) in [6.45, 7) is 0. The molecule has 0 bridgehead atoms. The number of halogens is 1. The first-order valence-corrected chi connectivity index (χ1v) is 3.23. The molecule has 3 heteroatoms. The molecule has 0 aliphatic carbocycles. The van der Waals surface area contributed by atoms with Gasteiger partial charge in [0.2, 0.25) is 0 Å². The van der Waals surface area contributed by atoms with Crippen LogP contribution in [0.2, 0.25) is 0 Å². The predicted molar refractivity (Wildman–Crippen MR) is 45.4 cm³/mol. The Labute approximate surface area is 66.5 Å². The largest absolute Gasteiger partial charge is 0.225 e. The third kappa shape index (κ3) is 2.96. The van der Waals surface area contributed by atoms with E-state index in [1.165, 1.54) is 0 Å². The topological polar surface area (TPSA) is 0 Å². The van der Waals surface area contributed by atoms with Crippen LogP contribution in [0.4, 0.5) is 4.20 Å². The van der Waals surface area contributed by atoms with E-state index >= 15 is 0 Å². The van der Waals surface area contributed by atoms with Crippen molar-refractivity contribution in [2.24, 2.45) is 0 Å². The Hall–Kier alpha value is 0.112. The summed E-state index contributed by atoms with van der Waals surface area (Å²) in [5, 5.41) is 0.771. The molecule has 0 saturated carbocycles. The van der Waals surface area contributed by atoms with Gasteiger partial charge in [-0.3, -0.25) is 0 Å². The van der Waals surface area contributed by atoms with Crippen LogP contribution in [0.25, 0.3) is 0 Å². The van der Waals surface area contributed by atoms with E-state index in [1.807, 2.05) is 18.2 Å². The molecular weight excluding hydrogens is 149 g/mol. The second-order valence-electron chi connectivity index (χ2n) is 1.46. The molecule has 0 heterocycles. The van der Waals surface area contributed by atoms with Gasteiger partial charge in [-0.1, -0.05) is 30.3 Å². The van der Waals surface area contributed by atoms with Crippen molar-refractivity contribution in [1.82, 2.24) is 0 Å². The summed E-state index contributed by atoms with van der Waals surface area (Å²) >= 11 is 0. The lowest BCUT2D eigenvalue weighted by Gasteiger charge is -1.86. The van der Waals surface area contributed by atoms with Crippen molar-refractivity contribution >= 4 is 31.6 Å². The third-order valence-corrected chi connectivity index (χ3v) is 1.43. The minimum Gasteiger partial charge on any atom is -0.225 e. The first-order valence-electron chi connectivity index (χ1n) is 2.35. The summed E-state index contributed by atoms with van der Waals surface area (Å²) in [4.78, 5) is 0. The van der Waals surface area contributed by atoms with Gasteiger partial charge in [-0.2, -0.15) is 0 Å². The average Bonchev–Trinajstić information content (AvgIpc) is 1.90. The second kappa shape index (κ2) is 4.94. The maximum Gasteiger partial charge on any atom is 0.187 e. The van der Waals surface area contributed by atoms with Crippen LogP contribution in [0.1, 0.15) is 0 Å². The van der Waals surface area contributed by atoms with Gasteiger partial charge < -0.3 is 0 Å². The van der Waals surface area contributed by atoms with Gasteiger partial charge in [0, 0.05) is 5.30 Å². The Kier molecular flexibility index (Phi) is 5.00. The van der Waals surface area contributed by atoms with Crippen molar-refractivity contribution in [3.8, 4) is 0 Å². The maximum absolute atomic E-state index is 11.8. The van der Waals surface area contributed by atoms with Gasteiger partial charge in [-0.05, 0) is 0 Å². The van der Waals surface area contributed by atoms with Gasteiger partial charge in [0.25, 0.3) is 0 Å². The van der Waals surface area contributed by atoms with E-state index in [1.54, 1.807) is 12.1 Å². The van der Waals surface area contributed by atoms with Crippen LogP contribution in [0, 0.1) is 0 Å². The minimum atomic E-state index is -0.570. The van der Waals surface area contributed by atoms with Gasteiger partial charge in [-0.15, -0.1) is 0 Å². The van der Waals surface area contributed by atoms with E-state index < -0.39 is 8.89 Å². The SMILES string of the molecule is FPc1ccccc1.[AlH3]. The molecule has 1 aromatic rings. The lowest BCUT2D eigenvalue weighted by Crippen LogP contribution is -1.86. The lowest BCUT2D eigenvalue weighted by atomic mass is 10.4. The van der Waals surface area contributed by atoms with E-state index in [9.17, 15) is 4.20 Å². The van der Waals surface area contributed by atoms with E-state index in [2.05, 4.69) is 0 Å². The summed E-state index contributed by atoms with van der Waals surface area (Å²) in [6, 6.07) is 9.10. The second-order valence-corrected chi connectivity index (χ2v) is 2.23. The third-order valence-electron chi connectivity index (χ3n) is 0.883. The van der Waals surface area contributed by atoms with Crippen molar-refractivity contribution in [2.45, 2.75) is 0 Å². The fourth-order valence-corrected chi connectivity index (χ4v) is 0.820. The van der Waals surface area contributed by atoms with Crippen molar-refractivity contribution in [3.05, 3.63) is 30.3 Å². The van der Waals surface area contributed by atoms with Gasteiger partial charge in [0.1, 0.15) is 0 Å². The summed E-state index contributed by atoms with van der Waals surface area (Å²) < 4.78 is 11.8. The van der Waals surface area contributed by atoms with Crippen molar-refractivity contribution in [3.63, 3.8) is 0 Å². The molecule has 0 spiro atoms. The molecule has 0 aromatic heterocycles. The molecule has 1 rings (SSSR count). The minimum absolute atomic E-state index is 0. The molecule has 9 heavy (non-hydrogen) atoms. The Morgan fingerprint density at radius 1 is 1.11 bits per heavy atom. The monoisotopic (exact) mass is 158 g/mol. The number of hydrogen-bond donors (Lipinski definition) is 0. The molecule has 0 aliphatic rings. The highest BCUT2D eigenvalue weighted by atomic mass is 31.1. The Morgan fingerprint density at radius 2 is 1.67 bits per heavy atom. The average molecular weight is 158 g/mol. The van der Waals surface area contributed by atoms with Crippen molar-refractivity contribution < 1.29 is 4.20 Å². The lowest BCUT2D eigenvalue weighted by molar-refractivity contribution is 0.929. The molecule has 48 valence electrons. The number of rotatable bonds is 1. The molecular formula is C6H9AlFP. The normalized spacial score (nSPS) is 9.44. The van der Waals surface area contributed by atoms with Gasteiger partial charge in [-0.25, -0.2) is 4.20 Å². The quantitative estimate of drug-likeness (QED) is 0.416. The highest BCUT2D eigenvalue weighted by molar-refractivity contribution is 7.41. The van der Waals surface area contributed by atoms with E-state index in [-0.39, 0.29) is 17.4 Å². The van der Waals surface area contributed by atoms with Gasteiger partial charge in [0.15, 0.2) is 17.4 Å². The Balaban J connectivity index is 0.000000640. The zero-order chi connectivity index (χ0) is 5.82. The number of benzene rings is 1. The number of hydrogen-bond acceptors (Lipinski definition) is 0. The van der Waals surface area contributed by atoms with E-state index in [4.69, 9.17) is 0 Å². The van der Waals surface area contributed by atoms with E-state index in [0.717, 1.165) is 5.30 Å². The van der Waals surface area contributed by atoms with E-state index in [0.29, 0.717) is 0 Å². The highest BCUT2D eigenvalue weighted by Gasteiger charge is 1.83. The van der Waals surface area contributed by atoms with Gasteiger partial charge in [0.05, 0.1) is 8.89 Å². The Bertz CT molecular complexity index is 154. The van der Waals surface area contributed by atoms with Crippen LogP contribution in [0.5, 0.6) is 0 Å². The van der Waals surface area contributed by atoms with Crippen molar-refractivity contribution in [2.75, 3.05) is 0 Å². The van der Waals surface area contributed by atoms with Crippen LogP contribution in [-0.4, -0.2) is 17.4 Å². The predicted octanol–water partition coefficient (Wildman–Crippen LogP) is 0.691. The smallest absolute Gasteiger partial charge is 0.187 e. The molecule has 1 atom stereocenters. The molecule has 1 unspecified atom stereocenters. The molecule has 0 fully saturated rings. The van der Waals surface area contributed by atoms with Crippen molar-refractivity contribution in [1.29, 1.82) is 0 Å². The fourth-order valence-electron chi connectivity index (χ4n) is 0.501. The molecule has 0 aliphatic heterocycles. The zero-order valence-corrected chi connectivity index (χ0v) is 5.26. The summed E-state index contributed by atoms with van der Waals surface area (Å²) in [5.41, 5.74) is 0. The fraction of sp³-hybridized carbons (Fsp3) is 0. The molecule has 0 N–H and O–H groups in total. The summed E-state index contributed by atoms with van der Waals surface area (Å²) in [6.07, 6.45) is 0. The molecule has 0 amide bonds. The van der Waals surface area contributed by atoms with Crippen LogP contribution < -0.4 is 5.30 Å². The Morgan fingerprint density at radius 3 is 2.00 bits per heavy atom. The first kappa shape index (κ1) is 9.11. The molecule has 0 radical (unpaired) electrons.